The molecule has 1 heterocycles. The summed E-state index contributed by atoms with van der Waals surface area (Å²) in [4.78, 5) is 11.3. The largest absolute Gasteiger partial charge is 0.318 e. The van der Waals surface area contributed by atoms with Crippen molar-refractivity contribution in [2.75, 3.05) is 0 Å². The molecule has 19 heavy (non-hydrogen) atoms. The van der Waals surface area contributed by atoms with Crippen LogP contribution in [0.25, 0.3) is 5.69 Å². The molecule has 0 radical (unpaired) electrons. The second kappa shape index (κ2) is 5.22. The molecule has 0 fully saturated rings. The number of Topliss-reactive ketones (excluding diaryl/α,β-unsaturated/α-hetero) is 1. The summed E-state index contributed by atoms with van der Waals surface area (Å²) in [6.07, 6.45) is 0.485. The van der Waals surface area contributed by atoms with Gasteiger partial charge in [-0.25, -0.2) is 0 Å². The van der Waals surface area contributed by atoms with Gasteiger partial charge in [0.25, 0.3) is 0 Å². The molecule has 1 aromatic heterocycles. The van der Waals surface area contributed by atoms with Crippen molar-refractivity contribution in [3.05, 3.63) is 51.8 Å². The maximum Gasteiger partial charge on any atom is 0.134 e. The number of nitrogens with zero attached hydrogens (tertiary/aromatic N) is 1. The van der Waals surface area contributed by atoms with Crippen LogP contribution in [-0.4, -0.2) is 10.4 Å². The highest BCUT2D eigenvalue weighted by Gasteiger charge is 2.13. The summed E-state index contributed by atoms with van der Waals surface area (Å²) >= 11 is 6.10. The molecule has 0 aliphatic heterocycles. The van der Waals surface area contributed by atoms with E-state index < -0.39 is 0 Å². The summed E-state index contributed by atoms with van der Waals surface area (Å²) < 4.78 is 2.17. The van der Waals surface area contributed by atoms with Crippen LogP contribution in [0.15, 0.2) is 24.3 Å². The molecule has 0 atom stereocenters. The van der Waals surface area contributed by atoms with Crippen molar-refractivity contribution in [3.63, 3.8) is 0 Å². The first kappa shape index (κ1) is 13.9. The standard InChI is InChI=1S/C16H18ClNO/c1-10-5-6-15(17)9-16(10)18-11(2)7-14(13(18)4)8-12(3)19/h5-7,9H,8H2,1-4H3. The lowest BCUT2D eigenvalue weighted by Gasteiger charge is -2.13. The summed E-state index contributed by atoms with van der Waals surface area (Å²) in [6.45, 7) is 7.79. The van der Waals surface area contributed by atoms with E-state index in [0.717, 1.165) is 27.7 Å². The monoisotopic (exact) mass is 275 g/mol. The van der Waals surface area contributed by atoms with E-state index >= 15 is 0 Å². The van der Waals surface area contributed by atoms with E-state index in [1.54, 1.807) is 6.92 Å². The van der Waals surface area contributed by atoms with Crippen LogP contribution in [0.2, 0.25) is 5.02 Å². The zero-order valence-electron chi connectivity index (χ0n) is 11.7. The Morgan fingerprint density at radius 3 is 2.53 bits per heavy atom. The lowest BCUT2D eigenvalue weighted by atomic mass is 10.1. The lowest BCUT2D eigenvalue weighted by molar-refractivity contribution is -0.116. The van der Waals surface area contributed by atoms with Gasteiger partial charge in [0.2, 0.25) is 0 Å². The average Bonchev–Trinajstić information content (AvgIpc) is 2.57. The molecular weight excluding hydrogens is 258 g/mol. The minimum absolute atomic E-state index is 0.183. The smallest absolute Gasteiger partial charge is 0.134 e. The molecular formula is C16H18ClNO. The number of benzene rings is 1. The van der Waals surface area contributed by atoms with Crippen molar-refractivity contribution in [2.24, 2.45) is 0 Å². The van der Waals surface area contributed by atoms with Crippen molar-refractivity contribution in [1.82, 2.24) is 4.57 Å². The number of aromatic nitrogens is 1. The molecule has 0 saturated carbocycles. The molecule has 2 nitrogen and oxygen atoms in total. The molecule has 2 aromatic rings. The van der Waals surface area contributed by atoms with Crippen molar-refractivity contribution < 1.29 is 4.79 Å². The van der Waals surface area contributed by atoms with E-state index in [1.807, 2.05) is 25.1 Å². The number of ketones is 1. The third-order valence-corrected chi connectivity index (χ3v) is 3.62. The van der Waals surface area contributed by atoms with E-state index in [0.29, 0.717) is 6.42 Å². The van der Waals surface area contributed by atoms with Gasteiger partial charge < -0.3 is 4.57 Å². The maximum atomic E-state index is 11.3. The predicted octanol–water partition coefficient (Wildman–Crippen LogP) is 4.19. The van der Waals surface area contributed by atoms with Crippen molar-refractivity contribution in [2.45, 2.75) is 34.1 Å². The van der Waals surface area contributed by atoms with Crippen LogP contribution in [0.1, 0.15) is 29.4 Å². The summed E-state index contributed by atoms with van der Waals surface area (Å²) in [7, 11) is 0. The number of hydrogen-bond acceptors (Lipinski definition) is 1. The van der Waals surface area contributed by atoms with Crippen LogP contribution in [0.4, 0.5) is 0 Å². The molecule has 1 aromatic carbocycles. The van der Waals surface area contributed by atoms with E-state index in [2.05, 4.69) is 24.5 Å². The molecule has 0 aliphatic carbocycles. The van der Waals surface area contributed by atoms with E-state index in [-0.39, 0.29) is 5.78 Å². The molecule has 0 unspecified atom stereocenters. The number of rotatable bonds is 3. The van der Waals surface area contributed by atoms with Crippen LogP contribution < -0.4 is 0 Å². The average molecular weight is 276 g/mol. The summed E-state index contributed by atoms with van der Waals surface area (Å²) in [5.74, 6) is 0.183. The van der Waals surface area contributed by atoms with Gasteiger partial charge in [-0.2, -0.15) is 0 Å². The molecule has 3 heteroatoms. The van der Waals surface area contributed by atoms with Crippen molar-refractivity contribution in [1.29, 1.82) is 0 Å². The third-order valence-electron chi connectivity index (χ3n) is 3.39. The van der Waals surface area contributed by atoms with Gasteiger partial charge >= 0.3 is 0 Å². The number of hydrogen-bond donors (Lipinski definition) is 0. The van der Waals surface area contributed by atoms with Gasteiger partial charge in [-0.1, -0.05) is 17.7 Å². The molecule has 0 aliphatic rings. The van der Waals surface area contributed by atoms with Crippen LogP contribution in [0.5, 0.6) is 0 Å². The third kappa shape index (κ3) is 2.74. The van der Waals surface area contributed by atoms with E-state index in [1.165, 1.54) is 5.56 Å². The lowest BCUT2D eigenvalue weighted by Crippen LogP contribution is -2.03. The molecule has 2 rings (SSSR count). The SMILES string of the molecule is CC(=O)Cc1cc(C)n(-c2cc(Cl)ccc2C)c1C. The Balaban J connectivity index is 2.59. The summed E-state index contributed by atoms with van der Waals surface area (Å²) in [6, 6.07) is 7.96. The van der Waals surface area contributed by atoms with E-state index in [4.69, 9.17) is 11.6 Å². The highest BCUT2D eigenvalue weighted by Crippen LogP contribution is 2.26. The number of carbonyl (C=O) groups excluding carboxylic acids is 1. The Bertz CT molecular complexity index is 640. The van der Waals surface area contributed by atoms with Gasteiger partial charge in [-0.15, -0.1) is 0 Å². The Hall–Kier alpha value is -1.54. The number of carbonyl (C=O) groups is 1. The van der Waals surface area contributed by atoms with Gasteiger partial charge in [0, 0.05) is 28.5 Å². The van der Waals surface area contributed by atoms with Crippen LogP contribution in [-0.2, 0) is 11.2 Å². The van der Waals surface area contributed by atoms with Gasteiger partial charge in [0.15, 0.2) is 0 Å². The molecule has 100 valence electrons. The van der Waals surface area contributed by atoms with E-state index in [9.17, 15) is 4.79 Å². The first-order valence-corrected chi connectivity index (χ1v) is 6.71. The second-order valence-corrected chi connectivity index (χ2v) is 5.48. The topological polar surface area (TPSA) is 22.0 Å². The van der Waals surface area contributed by atoms with Crippen LogP contribution in [0.3, 0.4) is 0 Å². The Morgan fingerprint density at radius 2 is 1.89 bits per heavy atom. The number of halogens is 1. The zero-order chi connectivity index (χ0) is 14.2. The number of aryl methyl sites for hydroxylation is 2. The van der Waals surface area contributed by atoms with Gasteiger partial charge in [-0.3, -0.25) is 4.79 Å². The zero-order valence-corrected chi connectivity index (χ0v) is 12.5. The Kier molecular flexibility index (Phi) is 3.81. The first-order chi connectivity index (χ1) is 8.90. The fourth-order valence-electron chi connectivity index (χ4n) is 2.47. The van der Waals surface area contributed by atoms with Gasteiger partial charge in [0.1, 0.15) is 5.78 Å². The fourth-order valence-corrected chi connectivity index (χ4v) is 2.64. The minimum Gasteiger partial charge on any atom is -0.318 e. The second-order valence-electron chi connectivity index (χ2n) is 5.04. The minimum atomic E-state index is 0.183. The quantitative estimate of drug-likeness (QED) is 0.823. The molecule has 0 saturated heterocycles. The van der Waals surface area contributed by atoms with Crippen LogP contribution >= 0.6 is 11.6 Å². The predicted molar refractivity (Wildman–Crippen MR) is 79.4 cm³/mol. The highest BCUT2D eigenvalue weighted by atomic mass is 35.5. The molecule has 0 spiro atoms. The summed E-state index contributed by atoms with van der Waals surface area (Å²) in [5, 5.41) is 0.723. The Labute approximate surface area is 119 Å². The summed E-state index contributed by atoms with van der Waals surface area (Å²) in [5.41, 5.74) is 5.57. The molecule has 0 bridgehead atoms. The van der Waals surface area contributed by atoms with Crippen molar-refractivity contribution >= 4 is 17.4 Å². The van der Waals surface area contributed by atoms with Gasteiger partial charge in [0.05, 0.1) is 0 Å². The first-order valence-electron chi connectivity index (χ1n) is 6.34. The maximum absolute atomic E-state index is 11.3. The van der Waals surface area contributed by atoms with Crippen molar-refractivity contribution in [3.8, 4) is 5.69 Å². The fraction of sp³-hybridized carbons (Fsp3) is 0.312. The van der Waals surface area contributed by atoms with Gasteiger partial charge in [-0.05, 0) is 57.0 Å². The molecule has 0 amide bonds. The van der Waals surface area contributed by atoms with Crippen LogP contribution in [0, 0.1) is 20.8 Å². The Morgan fingerprint density at radius 1 is 1.21 bits per heavy atom. The molecule has 0 N–H and O–H groups in total. The highest BCUT2D eigenvalue weighted by molar-refractivity contribution is 6.30. The normalized spacial score (nSPS) is 10.8.